The van der Waals surface area contributed by atoms with Gasteiger partial charge in [-0.05, 0) is 56.5 Å². The Hall–Kier alpha value is -3.81. The van der Waals surface area contributed by atoms with Crippen LogP contribution in [0.4, 0.5) is 11.4 Å². The number of benzene rings is 2. The summed E-state index contributed by atoms with van der Waals surface area (Å²) in [7, 11) is 0. The highest BCUT2D eigenvalue weighted by Crippen LogP contribution is 2.34. The third-order valence-corrected chi connectivity index (χ3v) is 6.27. The molecule has 0 saturated carbocycles. The number of furan rings is 1. The topological polar surface area (TPSA) is 98.1 Å². The van der Waals surface area contributed by atoms with Crippen molar-refractivity contribution >= 4 is 40.1 Å². The lowest BCUT2D eigenvalue weighted by Gasteiger charge is -2.27. The van der Waals surface area contributed by atoms with Crippen molar-refractivity contribution in [1.29, 1.82) is 0 Å². The number of carbonyl (C=O) groups is 3. The molecule has 34 heavy (non-hydrogen) atoms. The van der Waals surface area contributed by atoms with Crippen molar-refractivity contribution in [2.24, 2.45) is 0 Å². The average Bonchev–Trinajstić information content (AvgIpc) is 3.14. The van der Waals surface area contributed by atoms with Gasteiger partial charge in [-0.25, -0.2) is 4.79 Å². The molecule has 2 aliphatic rings. The number of anilines is 2. The number of ether oxygens (including phenoxy) is 2. The Labute approximate surface area is 196 Å². The van der Waals surface area contributed by atoms with E-state index in [2.05, 4.69) is 5.32 Å². The van der Waals surface area contributed by atoms with E-state index in [9.17, 15) is 14.4 Å². The molecule has 3 aromatic rings. The van der Waals surface area contributed by atoms with Crippen molar-refractivity contribution in [2.75, 3.05) is 23.4 Å². The molecule has 1 aliphatic carbocycles. The smallest absolute Gasteiger partial charge is 0.344 e. The van der Waals surface area contributed by atoms with Gasteiger partial charge in [-0.3, -0.25) is 9.59 Å². The first kappa shape index (κ1) is 22.0. The van der Waals surface area contributed by atoms with Crippen molar-refractivity contribution in [1.82, 2.24) is 0 Å². The highest BCUT2D eigenvalue weighted by atomic mass is 16.6. The Morgan fingerprint density at radius 2 is 1.94 bits per heavy atom. The number of carbonyl (C=O) groups excluding carboxylic acids is 3. The largest absolute Gasteiger partial charge is 0.482 e. The van der Waals surface area contributed by atoms with E-state index in [1.54, 1.807) is 37.3 Å². The summed E-state index contributed by atoms with van der Waals surface area (Å²) in [5.41, 5.74) is 3.18. The molecule has 1 aromatic heterocycles. The van der Waals surface area contributed by atoms with Crippen molar-refractivity contribution in [2.45, 2.75) is 45.1 Å². The zero-order valence-corrected chi connectivity index (χ0v) is 19.0. The first-order chi connectivity index (χ1) is 16.5. The monoisotopic (exact) mass is 462 g/mol. The number of nitrogens with one attached hydrogen (secondary N) is 1. The SMILES string of the molecule is CC1CC(=O)Nc2ccccc2N1C(=O)COC(=O)COc1ccc2oc3c(c2c1)CCCC3. The minimum Gasteiger partial charge on any atom is -0.482 e. The number of hydrogen-bond donors (Lipinski definition) is 1. The van der Waals surface area contributed by atoms with Crippen LogP contribution in [-0.2, 0) is 32.0 Å². The maximum Gasteiger partial charge on any atom is 0.344 e. The van der Waals surface area contributed by atoms with Crippen LogP contribution >= 0.6 is 0 Å². The fourth-order valence-corrected chi connectivity index (χ4v) is 4.70. The van der Waals surface area contributed by atoms with Crippen LogP contribution in [0.15, 0.2) is 46.9 Å². The minimum atomic E-state index is -0.646. The maximum absolute atomic E-state index is 12.9. The summed E-state index contributed by atoms with van der Waals surface area (Å²) >= 11 is 0. The minimum absolute atomic E-state index is 0.150. The summed E-state index contributed by atoms with van der Waals surface area (Å²) in [6.45, 7) is 1.03. The van der Waals surface area contributed by atoms with Crippen molar-refractivity contribution in [3.8, 4) is 5.75 Å². The molecule has 176 valence electrons. The number of esters is 1. The van der Waals surface area contributed by atoms with Gasteiger partial charge >= 0.3 is 5.97 Å². The molecule has 0 fully saturated rings. The van der Waals surface area contributed by atoms with Crippen LogP contribution < -0.4 is 15.0 Å². The third-order valence-electron chi connectivity index (χ3n) is 6.27. The first-order valence-corrected chi connectivity index (χ1v) is 11.5. The number of nitrogens with zero attached hydrogens (tertiary/aromatic N) is 1. The van der Waals surface area contributed by atoms with Gasteiger partial charge in [0.2, 0.25) is 5.91 Å². The van der Waals surface area contributed by atoms with Crippen molar-refractivity contribution in [3.63, 3.8) is 0 Å². The summed E-state index contributed by atoms with van der Waals surface area (Å²) in [5.74, 6) is 0.363. The van der Waals surface area contributed by atoms with E-state index >= 15 is 0 Å². The second-order valence-corrected chi connectivity index (χ2v) is 8.70. The lowest BCUT2D eigenvalue weighted by Crippen LogP contribution is -2.41. The van der Waals surface area contributed by atoms with E-state index in [-0.39, 0.29) is 25.0 Å². The molecule has 0 saturated heterocycles. The number of amides is 2. The first-order valence-electron chi connectivity index (χ1n) is 11.5. The summed E-state index contributed by atoms with van der Waals surface area (Å²) in [4.78, 5) is 38.8. The second kappa shape index (κ2) is 9.21. The Morgan fingerprint density at radius 1 is 1.12 bits per heavy atom. The summed E-state index contributed by atoms with van der Waals surface area (Å²) < 4.78 is 16.8. The molecule has 1 aliphatic heterocycles. The van der Waals surface area contributed by atoms with E-state index in [1.807, 2.05) is 12.1 Å². The molecule has 2 amide bonds. The number of rotatable bonds is 5. The van der Waals surface area contributed by atoms with Crippen molar-refractivity contribution < 1.29 is 28.3 Å². The van der Waals surface area contributed by atoms with Gasteiger partial charge in [0.15, 0.2) is 13.2 Å². The van der Waals surface area contributed by atoms with Gasteiger partial charge in [0.05, 0.1) is 11.4 Å². The molecular formula is C26H26N2O6. The Kier molecular flexibility index (Phi) is 5.96. The Morgan fingerprint density at radius 3 is 2.82 bits per heavy atom. The van der Waals surface area contributed by atoms with Gasteiger partial charge in [0, 0.05) is 29.8 Å². The molecule has 8 heteroatoms. The number of aryl methyl sites for hydroxylation is 2. The number of hydrogen-bond acceptors (Lipinski definition) is 6. The zero-order valence-electron chi connectivity index (χ0n) is 19.0. The van der Waals surface area contributed by atoms with Gasteiger partial charge in [-0.2, -0.15) is 0 Å². The van der Waals surface area contributed by atoms with E-state index in [1.165, 1.54) is 10.5 Å². The summed E-state index contributed by atoms with van der Waals surface area (Å²) in [5, 5.41) is 3.82. The van der Waals surface area contributed by atoms with Crippen LogP contribution in [0.2, 0.25) is 0 Å². The normalized spacial score (nSPS) is 17.4. The maximum atomic E-state index is 12.9. The predicted molar refractivity (Wildman–Crippen MR) is 126 cm³/mol. The van der Waals surface area contributed by atoms with Crippen LogP contribution in [0.1, 0.15) is 37.5 Å². The molecule has 0 radical (unpaired) electrons. The molecule has 5 rings (SSSR count). The van der Waals surface area contributed by atoms with Gasteiger partial charge in [0.1, 0.15) is 17.1 Å². The van der Waals surface area contributed by atoms with Crippen LogP contribution in [0.3, 0.4) is 0 Å². The number of fused-ring (bicyclic) bond motifs is 4. The molecule has 2 heterocycles. The van der Waals surface area contributed by atoms with Gasteiger partial charge in [-0.15, -0.1) is 0 Å². The highest BCUT2D eigenvalue weighted by Gasteiger charge is 2.30. The van der Waals surface area contributed by atoms with Gasteiger partial charge < -0.3 is 24.1 Å². The fraction of sp³-hybridized carbons (Fsp3) is 0.346. The molecule has 1 unspecified atom stereocenters. The highest BCUT2D eigenvalue weighted by molar-refractivity contribution is 6.05. The zero-order chi connectivity index (χ0) is 23.7. The van der Waals surface area contributed by atoms with Crippen molar-refractivity contribution in [3.05, 3.63) is 53.8 Å². The molecule has 2 aromatic carbocycles. The summed E-state index contributed by atoms with van der Waals surface area (Å²) in [6, 6.07) is 12.2. The Balaban J connectivity index is 1.20. The van der Waals surface area contributed by atoms with Crippen LogP contribution in [-0.4, -0.2) is 37.0 Å². The summed E-state index contributed by atoms with van der Waals surface area (Å²) in [6.07, 6.45) is 4.35. The Bertz CT molecular complexity index is 1260. The van der Waals surface area contributed by atoms with E-state index in [0.717, 1.165) is 42.4 Å². The van der Waals surface area contributed by atoms with Gasteiger partial charge in [0.25, 0.3) is 5.91 Å². The lowest BCUT2D eigenvalue weighted by molar-refractivity contribution is -0.149. The van der Waals surface area contributed by atoms with Crippen LogP contribution in [0, 0.1) is 0 Å². The average molecular weight is 463 g/mol. The molecule has 0 spiro atoms. The molecule has 1 atom stereocenters. The molecule has 1 N–H and O–H groups in total. The van der Waals surface area contributed by atoms with E-state index in [0.29, 0.717) is 17.1 Å². The lowest BCUT2D eigenvalue weighted by atomic mass is 9.96. The molecular weight excluding hydrogens is 436 g/mol. The third kappa shape index (κ3) is 4.35. The van der Waals surface area contributed by atoms with E-state index in [4.69, 9.17) is 13.9 Å². The molecule has 0 bridgehead atoms. The fourth-order valence-electron chi connectivity index (χ4n) is 4.70. The number of para-hydroxylation sites is 2. The van der Waals surface area contributed by atoms with Crippen LogP contribution in [0.5, 0.6) is 5.75 Å². The second-order valence-electron chi connectivity index (χ2n) is 8.70. The molecule has 8 nitrogen and oxygen atoms in total. The quantitative estimate of drug-likeness (QED) is 0.576. The van der Waals surface area contributed by atoms with Crippen LogP contribution in [0.25, 0.3) is 11.0 Å². The van der Waals surface area contributed by atoms with E-state index < -0.39 is 18.5 Å². The predicted octanol–water partition coefficient (Wildman–Crippen LogP) is 4.00. The standard InChI is InChI=1S/C26H26N2O6/c1-16-12-24(29)27-20-7-3-4-8-21(20)28(16)25(30)14-33-26(31)15-32-17-10-11-23-19(13-17)18-6-2-5-9-22(18)34-23/h3-4,7-8,10-11,13,16H,2,5-6,9,12,14-15H2,1H3,(H,27,29). The van der Waals surface area contributed by atoms with Gasteiger partial charge in [-0.1, -0.05) is 12.1 Å².